The molecule has 9 heteroatoms. The molecule has 0 aliphatic heterocycles. The molecule has 0 saturated heterocycles. The highest BCUT2D eigenvalue weighted by Crippen LogP contribution is 2.37. The summed E-state index contributed by atoms with van der Waals surface area (Å²) in [7, 11) is -3.40. The Bertz CT molecular complexity index is 534. The minimum Gasteiger partial charge on any atom is -0.313 e. The van der Waals surface area contributed by atoms with Gasteiger partial charge in [0, 0.05) is 11.6 Å². The Labute approximate surface area is 107 Å². The van der Waals surface area contributed by atoms with Crippen molar-refractivity contribution in [1.82, 2.24) is 4.98 Å². The Morgan fingerprint density at radius 2 is 1.94 bits per heavy atom. The smallest absolute Gasteiger partial charge is 0.313 e. The van der Waals surface area contributed by atoms with Gasteiger partial charge in [0.05, 0.1) is 5.69 Å². The molecule has 0 aliphatic rings. The van der Waals surface area contributed by atoms with Gasteiger partial charge in [-0.2, -0.15) is 13.2 Å². The van der Waals surface area contributed by atoms with E-state index in [0.29, 0.717) is 0 Å². The highest BCUT2D eigenvalue weighted by molar-refractivity contribution is 7.91. The van der Waals surface area contributed by atoms with Crippen LogP contribution in [0.4, 0.5) is 13.2 Å². The second-order valence-corrected chi connectivity index (χ2v) is 7.50. The van der Waals surface area contributed by atoms with Gasteiger partial charge in [-0.25, -0.2) is 13.4 Å². The van der Waals surface area contributed by atoms with Crippen LogP contribution >= 0.6 is 11.3 Å². The summed E-state index contributed by atoms with van der Waals surface area (Å²) in [5.41, 5.74) is 2.25. The lowest BCUT2D eigenvalue weighted by atomic mass is 10.00. The van der Waals surface area contributed by atoms with Crippen molar-refractivity contribution in [2.75, 3.05) is 6.26 Å². The van der Waals surface area contributed by atoms with Gasteiger partial charge in [-0.1, -0.05) is 0 Å². The van der Waals surface area contributed by atoms with Crippen molar-refractivity contribution >= 4 is 21.2 Å². The Morgan fingerprint density at radius 3 is 2.33 bits per heavy atom. The second kappa shape index (κ2) is 4.46. The lowest BCUT2D eigenvalue weighted by Crippen LogP contribution is -2.48. The van der Waals surface area contributed by atoms with E-state index >= 15 is 0 Å². The summed E-state index contributed by atoms with van der Waals surface area (Å²) < 4.78 is 60.7. The molecule has 104 valence electrons. The number of hydrogen-bond donors (Lipinski definition) is 1. The standard InChI is InChI=1S/C9H13F3N2O2S2/c1-5(18(3,15)16)7-14-6(4-17-7)8(2,13)9(10,11)12/h4-5H,13H2,1-3H3. The summed E-state index contributed by atoms with van der Waals surface area (Å²) >= 11 is 0.857. The van der Waals surface area contributed by atoms with E-state index in [9.17, 15) is 21.6 Å². The molecule has 0 fully saturated rings. The van der Waals surface area contributed by atoms with E-state index in [1.54, 1.807) is 0 Å². The number of alkyl halides is 3. The molecule has 0 saturated carbocycles. The Kier molecular flexibility index (Phi) is 3.81. The van der Waals surface area contributed by atoms with E-state index in [-0.39, 0.29) is 10.7 Å². The maximum Gasteiger partial charge on any atom is 0.411 e. The molecule has 0 spiro atoms. The predicted molar refractivity (Wildman–Crippen MR) is 63.0 cm³/mol. The molecule has 0 amide bonds. The zero-order valence-electron chi connectivity index (χ0n) is 9.95. The van der Waals surface area contributed by atoms with Gasteiger partial charge < -0.3 is 5.73 Å². The SMILES string of the molecule is CC(c1nc(C(C)(N)C(F)(F)F)cs1)S(C)(=O)=O. The third-order valence-corrected chi connectivity index (χ3v) is 5.32. The van der Waals surface area contributed by atoms with Crippen LogP contribution in [0.2, 0.25) is 0 Å². The number of hydrogen-bond acceptors (Lipinski definition) is 5. The minimum atomic E-state index is -4.65. The first kappa shape index (κ1) is 15.4. The van der Waals surface area contributed by atoms with Gasteiger partial charge in [0.15, 0.2) is 15.4 Å². The van der Waals surface area contributed by atoms with E-state index in [2.05, 4.69) is 4.98 Å². The Hall–Kier alpha value is -0.670. The number of sulfone groups is 1. The molecule has 18 heavy (non-hydrogen) atoms. The first-order valence-electron chi connectivity index (χ1n) is 4.87. The van der Waals surface area contributed by atoms with Gasteiger partial charge in [-0.3, -0.25) is 0 Å². The summed E-state index contributed by atoms with van der Waals surface area (Å²) in [6, 6.07) is 0. The number of halogens is 3. The lowest BCUT2D eigenvalue weighted by Gasteiger charge is -2.25. The van der Waals surface area contributed by atoms with Gasteiger partial charge in [-0.15, -0.1) is 11.3 Å². The molecule has 1 rings (SSSR count). The van der Waals surface area contributed by atoms with Gasteiger partial charge in [0.2, 0.25) is 0 Å². The molecular formula is C9H13F3N2O2S2. The normalized spacial score (nSPS) is 18.4. The minimum absolute atomic E-state index is 0.105. The van der Waals surface area contributed by atoms with Crippen molar-refractivity contribution in [2.45, 2.75) is 30.8 Å². The zero-order valence-corrected chi connectivity index (χ0v) is 11.6. The molecular weight excluding hydrogens is 289 g/mol. The van der Waals surface area contributed by atoms with Crippen LogP contribution in [0.1, 0.15) is 29.8 Å². The van der Waals surface area contributed by atoms with Crippen LogP contribution in [-0.2, 0) is 15.4 Å². The largest absolute Gasteiger partial charge is 0.411 e. The summed E-state index contributed by atoms with van der Waals surface area (Å²) in [6.45, 7) is 2.18. The molecule has 1 heterocycles. The molecule has 2 N–H and O–H groups in total. The van der Waals surface area contributed by atoms with E-state index in [1.165, 1.54) is 6.92 Å². The molecule has 0 aromatic carbocycles. The number of nitrogens with two attached hydrogens (primary N) is 1. The van der Waals surface area contributed by atoms with E-state index in [4.69, 9.17) is 5.73 Å². The van der Waals surface area contributed by atoms with Gasteiger partial charge >= 0.3 is 6.18 Å². The first-order chi connectivity index (χ1) is 7.87. The Morgan fingerprint density at radius 1 is 1.44 bits per heavy atom. The number of aromatic nitrogens is 1. The molecule has 4 nitrogen and oxygen atoms in total. The van der Waals surface area contributed by atoms with E-state index in [0.717, 1.165) is 29.9 Å². The molecule has 0 radical (unpaired) electrons. The quantitative estimate of drug-likeness (QED) is 0.926. The predicted octanol–water partition coefficient (Wildman–Crippen LogP) is 1.98. The highest BCUT2D eigenvalue weighted by atomic mass is 32.2. The van der Waals surface area contributed by atoms with Crippen molar-refractivity contribution in [3.63, 3.8) is 0 Å². The van der Waals surface area contributed by atoms with Crippen molar-refractivity contribution in [3.8, 4) is 0 Å². The maximum atomic E-state index is 12.7. The molecule has 1 aromatic heterocycles. The third kappa shape index (κ3) is 2.83. The molecule has 0 aliphatic carbocycles. The second-order valence-electron chi connectivity index (χ2n) is 4.24. The molecule has 1 aromatic rings. The monoisotopic (exact) mass is 302 g/mol. The van der Waals surface area contributed by atoms with Crippen molar-refractivity contribution in [1.29, 1.82) is 0 Å². The average Bonchev–Trinajstić information content (AvgIpc) is 2.62. The molecule has 0 bridgehead atoms. The summed E-state index contributed by atoms with van der Waals surface area (Å²) in [5, 5.41) is 0.304. The van der Waals surface area contributed by atoms with Crippen LogP contribution in [0.5, 0.6) is 0 Å². The van der Waals surface area contributed by atoms with Gasteiger partial charge in [0.25, 0.3) is 0 Å². The Balaban J connectivity index is 3.16. The van der Waals surface area contributed by atoms with Gasteiger partial charge in [-0.05, 0) is 13.8 Å². The zero-order chi connectivity index (χ0) is 14.4. The molecule has 2 atom stereocenters. The number of rotatable bonds is 3. The highest BCUT2D eigenvalue weighted by Gasteiger charge is 2.51. The summed E-state index contributed by atoms with van der Waals surface area (Å²) in [6.07, 6.45) is -3.64. The van der Waals surface area contributed by atoms with Gasteiger partial charge in [0.1, 0.15) is 10.3 Å². The van der Waals surface area contributed by atoms with Crippen LogP contribution in [0, 0.1) is 0 Å². The van der Waals surface area contributed by atoms with Crippen molar-refractivity contribution in [2.24, 2.45) is 5.73 Å². The topological polar surface area (TPSA) is 73.0 Å². The summed E-state index contributed by atoms with van der Waals surface area (Å²) in [4.78, 5) is 3.71. The van der Waals surface area contributed by atoms with Crippen LogP contribution < -0.4 is 5.73 Å². The van der Waals surface area contributed by atoms with Crippen molar-refractivity contribution < 1.29 is 21.6 Å². The van der Waals surface area contributed by atoms with Crippen LogP contribution in [0.25, 0.3) is 0 Å². The fourth-order valence-corrected chi connectivity index (χ4v) is 3.02. The fraction of sp³-hybridized carbons (Fsp3) is 0.667. The van der Waals surface area contributed by atoms with E-state index in [1.807, 2.05) is 0 Å². The first-order valence-corrected chi connectivity index (χ1v) is 7.71. The summed E-state index contributed by atoms with van der Waals surface area (Å²) in [5.74, 6) is 0. The number of nitrogens with zero attached hydrogens (tertiary/aromatic N) is 1. The average molecular weight is 302 g/mol. The van der Waals surface area contributed by atoms with Crippen LogP contribution in [0.3, 0.4) is 0 Å². The van der Waals surface area contributed by atoms with Crippen LogP contribution in [-0.4, -0.2) is 25.8 Å². The van der Waals surface area contributed by atoms with E-state index < -0.39 is 26.8 Å². The fourth-order valence-electron chi connectivity index (χ4n) is 1.04. The van der Waals surface area contributed by atoms with Crippen molar-refractivity contribution in [3.05, 3.63) is 16.1 Å². The lowest BCUT2D eigenvalue weighted by molar-refractivity contribution is -0.185. The number of thiazole rings is 1. The van der Waals surface area contributed by atoms with Crippen LogP contribution in [0.15, 0.2) is 5.38 Å². The molecule has 2 unspecified atom stereocenters. The maximum absolute atomic E-state index is 12.7. The third-order valence-electron chi connectivity index (χ3n) is 2.63.